The smallest absolute Gasteiger partial charge is 0.330 e. The van der Waals surface area contributed by atoms with E-state index in [0.29, 0.717) is 0 Å². The van der Waals surface area contributed by atoms with E-state index in [2.05, 4.69) is 6.58 Å². The summed E-state index contributed by atoms with van der Waals surface area (Å²) < 4.78 is 5.16. The molecule has 0 bridgehead atoms. The van der Waals surface area contributed by atoms with Crippen LogP contribution in [-0.4, -0.2) is 17.9 Å². The van der Waals surface area contributed by atoms with Crippen molar-refractivity contribution in [2.75, 3.05) is 0 Å². The van der Waals surface area contributed by atoms with Crippen molar-refractivity contribution in [3.63, 3.8) is 0 Å². The van der Waals surface area contributed by atoms with Gasteiger partial charge in [-0.3, -0.25) is 4.79 Å². The number of carbonyl (C=O) groups is 2. The van der Waals surface area contributed by atoms with E-state index in [4.69, 9.17) is 4.74 Å². The van der Waals surface area contributed by atoms with E-state index in [1.165, 1.54) is 0 Å². The predicted molar refractivity (Wildman–Crippen MR) is 52.6 cm³/mol. The van der Waals surface area contributed by atoms with E-state index in [-0.39, 0.29) is 11.9 Å². The molecular formula is C11H16O3. The Balaban J connectivity index is 2.83. The molecule has 0 aliphatic heterocycles. The maximum atomic E-state index is 11.7. The number of ether oxygens (including phenoxy) is 1. The number of hydrogen-bond donors (Lipinski definition) is 0. The van der Waals surface area contributed by atoms with Crippen molar-refractivity contribution in [2.24, 2.45) is 10.8 Å². The normalized spacial score (nSPS) is 23.9. The lowest BCUT2D eigenvalue weighted by molar-refractivity contribution is -0.195. The molecule has 78 valence electrons. The molecule has 1 aliphatic carbocycles. The zero-order valence-corrected chi connectivity index (χ0v) is 9.09. The molecule has 0 aromatic heterocycles. The first-order valence-corrected chi connectivity index (χ1v) is 4.62. The minimum atomic E-state index is -0.567. The SMILES string of the molecule is C=CC(=O)OC1C(C)(C)C(=O)C1(C)C. The van der Waals surface area contributed by atoms with Gasteiger partial charge in [-0.15, -0.1) is 0 Å². The lowest BCUT2D eigenvalue weighted by atomic mass is 9.52. The second-order valence-electron chi connectivity index (χ2n) is 4.79. The quantitative estimate of drug-likeness (QED) is 0.499. The van der Waals surface area contributed by atoms with Gasteiger partial charge in [0.25, 0.3) is 0 Å². The molecule has 0 spiro atoms. The van der Waals surface area contributed by atoms with Gasteiger partial charge in [0.1, 0.15) is 6.10 Å². The number of carbonyl (C=O) groups excluding carboxylic acids is 2. The molecule has 1 rings (SSSR count). The largest absolute Gasteiger partial charge is 0.457 e. The van der Waals surface area contributed by atoms with Crippen molar-refractivity contribution in [1.82, 2.24) is 0 Å². The van der Waals surface area contributed by atoms with Gasteiger partial charge < -0.3 is 4.74 Å². The maximum absolute atomic E-state index is 11.7. The van der Waals surface area contributed by atoms with Gasteiger partial charge in [-0.1, -0.05) is 6.58 Å². The summed E-state index contributed by atoms with van der Waals surface area (Å²) in [5, 5.41) is 0. The summed E-state index contributed by atoms with van der Waals surface area (Å²) in [7, 11) is 0. The molecule has 0 atom stereocenters. The molecule has 3 nitrogen and oxygen atoms in total. The summed E-state index contributed by atoms with van der Waals surface area (Å²) in [6, 6.07) is 0. The van der Waals surface area contributed by atoms with Gasteiger partial charge in [0.2, 0.25) is 0 Å². The minimum absolute atomic E-state index is 0.131. The molecule has 1 saturated carbocycles. The molecule has 1 fully saturated rings. The van der Waals surface area contributed by atoms with E-state index in [9.17, 15) is 9.59 Å². The van der Waals surface area contributed by atoms with Gasteiger partial charge in [0, 0.05) is 6.08 Å². The van der Waals surface area contributed by atoms with Gasteiger partial charge >= 0.3 is 5.97 Å². The lowest BCUT2D eigenvalue weighted by Crippen LogP contribution is -2.65. The fraction of sp³-hybridized carbons (Fsp3) is 0.636. The molecule has 0 aromatic rings. The van der Waals surface area contributed by atoms with Gasteiger partial charge in [0.05, 0.1) is 10.8 Å². The Morgan fingerprint density at radius 2 is 1.79 bits per heavy atom. The van der Waals surface area contributed by atoms with Crippen LogP contribution in [0.1, 0.15) is 27.7 Å². The van der Waals surface area contributed by atoms with Gasteiger partial charge in [-0.25, -0.2) is 4.79 Å². The minimum Gasteiger partial charge on any atom is -0.457 e. The number of rotatable bonds is 2. The van der Waals surface area contributed by atoms with E-state index < -0.39 is 16.8 Å². The van der Waals surface area contributed by atoms with Crippen LogP contribution in [-0.2, 0) is 14.3 Å². The standard InChI is InChI=1S/C11H16O3/c1-6-7(12)14-9-10(2,3)8(13)11(9,4)5/h6,9H,1H2,2-5H3. The van der Waals surface area contributed by atoms with Crippen molar-refractivity contribution in [2.45, 2.75) is 33.8 Å². The van der Waals surface area contributed by atoms with E-state index in [1.807, 2.05) is 0 Å². The van der Waals surface area contributed by atoms with Crippen LogP contribution in [0.25, 0.3) is 0 Å². The average Bonchev–Trinajstić information content (AvgIpc) is 2.11. The highest BCUT2D eigenvalue weighted by molar-refractivity contribution is 5.98. The van der Waals surface area contributed by atoms with Crippen molar-refractivity contribution in [3.8, 4) is 0 Å². The molecule has 0 saturated heterocycles. The summed E-state index contributed by atoms with van der Waals surface area (Å²) in [6.07, 6.45) is 0.766. The van der Waals surface area contributed by atoms with E-state index in [0.717, 1.165) is 6.08 Å². The summed E-state index contributed by atoms with van der Waals surface area (Å²) in [5.41, 5.74) is -1.13. The highest BCUT2D eigenvalue weighted by atomic mass is 16.5. The summed E-state index contributed by atoms with van der Waals surface area (Å²) in [6.45, 7) is 10.5. The lowest BCUT2D eigenvalue weighted by Gasteiger charge is -2.53. The topological polar surface area (TPSA) is 43.4 Å². The van der Waals surface area contributed by atoms with Crippen LogP contribution in [0.4, 0.5) is 0 Å². The van der Waals surface area contributed by atoms with Gasteiger partial charge in [-0.2, -0.15) is 0 Å². The Labute approximate surface area is 84.1 Å². The predicted octanol–water partition coefficient (Wildman–Crippen LogP) is 1.72. The monoisotopic (exact) mass is 196 g/mol. The van der Waals surface area contributed by atoms with Crippen LogP contribution in [0, 0.1) is 10.8 Å². The first-order chi connectivity index (χ1) is 6.24. The summed E-state index contributed by atoms with van der Waals surface area (Å²) in [5.74, 6) is -0.337. The van der Waals surface area contributed by atoms with Crippen LogP contribution in [0.5, 0.6) is 0 Å². The Hall–Kier alpha value is -1.12. The third-order valence-electron chi connectivity index (χ3n) is 2.88. The molecule has 0 N–H and O–H groups in total. The molecule has 0 unspecified atom stereocenters. The molecule has 3 heteroatoms. The first kappa shape index (κ1) is 11.0. The van der Waals surface area contributed by atoms with Crippen LogP contribution in [0.3, 0.4) is 0 Å². The molecule has 0 radical (unpaired) electrons. The summed E-state index contributed by atoms with van der Waals surface area (Å²) in [4.78, 5) is 22.7. The zero-order valence-electron chi connectivity index (χ0n) is 9.09. The highest BCUT2D eigenvalue weighted by Crippen LogP contribution is 2.51. The van der Waals surface area contributed by atoms with Crippen molar-refractivity contribution in [3.05, 3.63) is 12.7 Å². The third kappa shape index (κ3) is 1.27. The third-order valence-corrected chi connectivity index (χ3v) is 2.88. The van der Waals surface area contributed by atoms with Gasteiger partial charge in [0.15, 0.2) is 5.78 Å². The van der Waals surface area contributed by atoms with Crippen molar-refractivity contribution < 1.29 is 14.3 Å². The Morgan fingerprint density at radius 1 is 1.36 bits per heavy atom. The molecule has 0 aromatic carbocycles. The first-order valence-electron chi connectivity index (χ1n) is 4.62. The van der Waals surface area contributed by atoms with Crippen LogP contribution in [0.15, 0.2) is 12.7 Å². The Morgan fingerprint density at radius 3 is 2.14 bits per heavy atom. The average molecular weight is 196 g/mol. The fourth-order valence-electron chi connectivity index (χ4n) is 2.35. The second kappa shape index (κ2) is 2.94. The van der Waals surface area contributed by atoms with E-state index >= 15 is 0 Å². The Kier molecular flexibility index (Phi) is 2.30. The van der Waals surface area contributed by atoms with Crippen LogP contribution >= 0.6 is 0 Å². The molecular weight excluding hydrogens is 180 g/mol. The number of esters is 1. The van der Waals surface area contributed by atoms with Crippen molar-refractivity contribution >= 4 is 11.8 Å². The van der Waals surface area contributed by atoms with Crippen LogP contribution in [0.2, 0.25) is 0 Å². The number of Topliss-reactive ketones (excluding diaryl/α,β-unsaturated/α-hetero) is 1. The Bertz CT molecular complexity index is 282. The van der Waals surface area contributed by atoms with Crippen LogP contribution < -0.4 is 0 Å². The molecule has 1 aliphatic rings. The molecule has 0 amide bonds. The zero-order chi connectivity index (χ0) is 11.1. The highest BCUT2D eigenvalue weighted by Gasteiger charge is 2.63. The summed E-state index contributed by atoms with van der Waals surface area (Å²) >= 11 is 0. The second-order valence-corrected chi connectivity index (χ2v) is 4.79. The fourth-order valence-corrected chi connectivity index (χ4v) is 2.35. The van der Waals surface area contributed by atoms with Gasteiger partial charge in [-0.05, 0) is 27.7 Å². The maximum Gasteiger partial charge on any atom is 0.330 e. The molecule has 14 heavy (non-hydrogen) atoms. The molecule has 0 heterocycles. The van der Waals surface area contributed by atoms with Crippen molar-refractivity contribution in [1.29, 1.82) is 0 Å². The number of ketones is 1. The number of hydrogen-bond acceptors (Lipinski definition) is 3. The van der Waals surface area contributed by atoms with E-state index in [1.54, 1.807) is 27.7 Å².